The zero-order valence-corrected chi connectivity index (χ0v) is 10.8. The molecule has 3 heteroatoms. The van der Waals surface area contributed by atoms with Crippen LogP contribution in [-0.2, 0) is 5.88 Å². The van der Waals surface area contributed by atoms with Gasteiger partial charge in [-0.3, -0.25) is 4.98 Å². The fourth-order valence-electron chi connectivity index (χ4n) is 1.83. The molecule has 2 nitrogen and oxygen atoms in total. The molecule has 0 aliphatic heterocycles. The minimum Gasteiger partial charge on any atom is -0.344 e. The molecule has 0 aliphatic rings. The maximum atomic E-state index is 5.80. The molecule has 0 spiro atoms. The Morgan fingerprint density at radius 3 is 2.71 bits per heavy atom. The Morgan fingerprint density at radius 1 is 1.24 bits per heavy atom. The highest BCUT2D eigenvalue weighted by Gasteiger charge is 2.06. The number of para-hydroxylation sites is 1. The number of nitrogens with zero attached hydrogens (tertiary/aromatic N) is 2. The topological polar surface area (TPSA) is 16.1 Å². The Labute approximate surface area is 107 Å². The van der Waals surface area contributed by atoms with Gasteiger partial charge in [-0.2, -0.15) is 0 Å². The zero-order valence-electron chi connectivity index (χ0n) is 10.0. The highest BCUT2D eigenvalue weighted by molar-refractivity contribution is 6.16. The fourth-order valence-corrected chi connectivity index (χ4v) is 1.97. The molecule has 0 unspecified atom stereocenters. The van der Waals surface area contributed by atoms with Crippen LogP contribution in [0.2, 0.25) is 0 Å². The third kappa shape index (κ3) is 2.59. The Morgan fingerprint density at radius 2 is 2.00 bits per heavy atom. The molecule has 88 valence electrons. The summed E-state index contributed by atoms with van der Waals surface area (Å²) in [5, 5.41) is 0. The van der Waals surface area contributed by atoms with Crippen LogP contribution in [0.3, 0.4) is 0 Å². The van der Waals surface area contributed by atoms with Crippen LogP contribution in [0, 0.1) is 6.92 Å². The van der Waals surface area contributed by atoms with Gasteiger partial charge < -0.3 is 4.90 Å². The molecular formula is C14H15ClN2. The molecule has 2 rings (SSSR count). The van der Waals surface area contributed by atoms with Crippen molar-refractivity contribution in [2.24, 2.45) is 0 Å². The van der Waals surface area contributed by atoms with Crippen molar-refractivity contribution in [2.45, 2.75) is 12.8 Å². The van der Waals surface area contributed by atoms with Crippen molar-refractivity contribution >= 4 is 23.0 Å². The third-order valence-electron chi connectivity index (χ3n) is 2.80. The van der Waals surface area contributed by atoms with Gasteiger partial charge in [0.15, 0.2) is 0 Å². The largest absolute Gasteiger partial charge is 0.344 e. The first-order chi connectivity index (χ1) is 8.22. The Bertz CT molecular complexity index is 511. The van der Waals surface area contributed by atoms with E-state index >= 15 is 0 Å². The molecule has 1 aromatic carbocycles. The fraction of sp³-hybridized carbons (Fsp3) is 0.214. The number of alkyl halides is 1. The van der Waals surface area contributed by atoms with E-state index < -0.39 is 0 Å². The molecule has 0 bridgehead atoms. The SMILES string of the molecule is Cc1ccccc1N(C)c1ccnc(CCl)c1. The van der Waals surface area contributed by atoms with Crippen LogP contribution in [0.25, 0.3) is 0 Å². The average molecular weight is 247 g/mol. The van der Waals surface area contributed by atoms with E-state index in [1.165, 1.54) is 11.3 Å². The van der Waals surface area contributed by atoms with Crippen molar-refractivity contribution in [3.63, 3.8) is 0 Å². The van der Waals surface area contributed by atoms with Crippen molar-refractivity contribution < 1.29 is 0 Å². The van der Waals surface area contributed by atoms with Crippen LogP contribution in [0.4, 0.5) is 11.4 Å². The van der Waals surface area contributed by atoms with Gasteiger partial charge in [-0.15, -0.1) is 11.6 Å². The molecule has 0 saturated heterocycles. The van der Waals surface area contributed by atoms with E-state index in [0.717, 1.165) is 11.4 Å². The predicted octanol–water partition coefficient (Wildman–Crippen LogP) is 3.90. The number of hydrogen-bond acceptors (Lipinski definition) is 2. The third-order valence-corrected chi connectivity index (χ3v) is 3.07. The summed E-state index contributed by atoms with van der Waals surface area (Å²) < 4.78 is 0. The first-order valence-electron chi connectivity index (χ1n) is 5.52. The number of anilines is 2. The lowest BCUT2D eigenvalue weighted by molar-refractivity contribution is 1.12. The number of aromatic nitrogens is 1. The second-order valence-electron chi connectivity index (χ2n) is 3.98. The van der Waals surface area contributed by atoms with Crippen LogP contribution in [0.5, 0.6) is 0 Å². The minimum absolute atomic E-state index is 0.440. The maximum absolute atomic E-state index is 5.80. The minimum atomic E-state index is 0.440. The van der Waals surface area contributed by atoms with Crippen molar-refractivity contribution in [2.75, 3.05) is 11.9 Å². The van der Waals surface area contributed by atoms with Gasteiger partial charge in [-0.1, -0.05) is 18.2 Å². The quantitative estimate of drug-likeness (QED) is 0.764. The summed E-state index contributed by atoms with van der Waals surface area (Å²) in [6, 6.07) is 12.3. The summed E-state index contributed by atoms with van der Waals surface area (Å²) >= 11 is 5.80. The number of hydrogen-bond donors (Lipinski definition) is 0. The molecular weight excluding hydrogens is 232 g/mol. The summed E-state index contributed by atoms with van der Waals surface area (Å²) in [4.78, 5) is 6.34. The molecule has 1 aromatic heterocycles. The Kier molecular flexibility index (Phi) is 3.64. The summed E-state index contributed by atoms with van der Waals surface area (Å²) in [6.07, 6.45) is 1.79. The second kappa shape index (κ2) is 5.19. The second-order valence-corrected chi connectivity index (χ2v) is 4.25. The molecule has 0 aliphatic carbocycles. The normalized spacial score (nSPS) is 10.3. The Balaban J connectivity index is 2.37. The first kappa shape index (κ1) is 11.9. The van der Waals surface area contributed by atoms with E-state index in [-0.39, 0.29) is 0 Å². The molecule has 17 heavy (non-hydrogen) atoms. The van der Waals surface area contributed by atoms with Gasteiger partial charge in [0.2, 0.25) is 0 Å². The molecule has 0 N–H and O–H groups in total. The first-order valence-corrected chi connectivity index (χ1v) is 6.06. The van der Waals surface area contributed by atoms with Crippen LogP contribution in [0.15, 0.2) is 42.6 Å². The van der Waals surface area contributed by atoms with Gasteiger partial charge in [0, 0.05) is 24.6 Å². The van der Waals surface area contributed by atoms with Gasteiger partial charge in [0.1, 0.15) is 0 Å². The van der Waals surface area contributed by atoms with E-state index in [9.17, 15) is 0 Å². The molecule has 1 heterocycles. The van der Waals surface area contributed by atoms with Crippen molar-refractivity contribution in [1.29, 1.82) is 0 Å². The molecule has 0 saturated carbocycles. The number of pyridine rings is 1. The summed E-state index contributed by atoms with van der Waals surface area (Å²) in [6.45, 7) is 2.11. The van der Waals surface area contributed by atoms with Gasteiger partial charge in [-0.25, -0.2) is 0 Å². The molecule has 0 fully saturated rings. The monoisotopic (exact) mass is 246 g/mol. The molecule has 0 atom stereocenters. The molecule has 0 amide bonds. The van der Waals surface area contributed by atoms with Gasteiger partial charge in [0.05, 0.1) is 11.6 Å². The van der Waals surface area contributed by atoms with E-state index in [0.29, 0.717) is 5.88 Å². The zero-order chi connectivity index (χ0) is 12.3. The van der Waals surface area contributed by atoms with E-state index in [4.69, 9.17) is 11.6 Å². The number of rotatable bonds is 3. The lowest BCUT2D eigenvalue weighted by Crippen LogP contribution is -2.11. The highest BCUT2D eigenvalue weighted by Crippen LogP contribution is 2.26. The van der Waals surface area contributed by atoms with Crippen LogP contribution in [0.1, 0.15) is 11.3 Å². The van der Waals surface area contributed by atoms with Crippen molar-refractivity contribution in [3.05, 3.63) is 53.9 Å². The lowest BCUT2D eigenvalue weighted by Gasteiger charge is -2.21. The van der Waals surface area contributed by atoms with E-state index in [1.807, 2.05) is 24.3 Å². The van der Waals surface area contributed by atoms with Crippen molar-refractivity contribution in [3.8, 4) is 0 Å². The number of aryl methyl sites for hydroxylation is 1. The predicted molar refractivity (Wildman–Crippen MR) is 73.0 cm³/mol. The van der Waals surface area contributed by atoms with E-state index in [1.54, 1.807) is 6.20 Å². The molecule has 0 radical (unpaired) electrons. The molecule has 2 aromatic rings. The average Bonchev–Trinajstić information content (AvgIpc) is 2.38. The van der Waals surface area contributed by atoms with Crippen LogP contribution in [-0.4, -0.2) is 12.0 Å². The Hall–Kier alpha value is -1.54. The number of halogens is 1. The van der Waals surface area contributed by atoms with Gasteiger partial charge in [0.25, 0.3) is 0 Å². The summed E-state index contributed by atoms with van der Waals surface area (Å²) in [5.74, 6) is 0.440. The number of benzene rings is 1. The maximum Gasteiger partial charge on any atom is 0.0648 e. The van der Waals surface area contributed by atoms with Gasteiger partial charge >= 0.3 is 0 Å². The van der Waals surface area contributed by atoms with Gasteiger partial charge in [-0.05, 0) is 30.7 Å². The van der Waals surface area contributed by atoms with Crippen LogP contribution < -0.4 is 4.90 Å². The summed E-state index contributed by atoms with van der Waals surface area (Å²) in [7, 11) is 2.05. The van der Waals surface area contributed by atoms with Crippen LogP contribution >= 0.6 is 11.6 Å². The highest BCUT2D eigenvalue weighted by atomic mass is 35.5. The summed E-state index contributed by atoms with van der Waals surface area (Å²) in [5.41, 5.74) is 4.44. The lowest BCUT2D eigenvalue weighted by atomic mass is 10.1. The van der Waals surface area contributed by atoms with E-state index in [2.05, 4.69) is 36.0 Å². The van der Waals surface area contributed by atoms with Crippen molar-refractivity contribution in [1.82, 2.24) is 4.98 Å². The standard InChI is InChI=1S/C14H15ClN2/c1-11-5-3-4-6-14(11)17(2)13-7-8-16-12(9-13)10-15/h3-9H,10H2,1-2H3. The smallest absolute Gasteiger partial charge is 0.0648 e.